The maximum absolute atomic E-state index is 6.20. The molecule has 0 fully saturated rings. The number of hydrogen-bond acceptors (Lipinski definition) is 7. The summed E-state index contributed by atoms with van der Waals surface area (Å²) in [6, 6.07) is 0.328. The lowest BCUT2D eigenvalue weighted by molar-refractivity contribution is 0.287. The lowest BCUT2D eigenvalue weighted by atomic mass is 9.73. The van der Waals surface area contributed by atoms with Crippen molar-refractivity contribution in [1.29, 1.82) is 0 Å². The van der Waals surface area contributed by atoms with E-state index >= 15 is 0 Å². The first-order valence-corrected chi connectivity index (χ1v) is 11.5. The fourth-order valence-corrected chi connectivity index (χ4v) is 5.04. The van der Waals surface area contributed by atoms with Crippen molar-refractivity contribution in [3.63, 3.8) is 0 Å². The molecule has 0 spiro atoms. The Kier molecular flexibility index (Phi) is 6.39. The third-order valence-corrected chi connectivity index (χ3v) is 6.88. The van der Waals surface area contributed by atoms with Gasteiger partial charge >= 0.3 is 0 Å². The van der Waals surface area contributed by atoms with Crippen molar-refractivity contribution in [2.75, 3.05) is 0 Å². The van der Waals surface area contributed by atoms with Crippen LogP contribution in [0.2, 0.25) is 0 Å². The summed E-state index contributed by atoms with van der Waals surface area (Å²) < 4.78 is 5.85. The highest BCUT2D eigenvalue weighted by molar-refractivity contribution is 5.68. The number of aliphatic imine (C=N–C) groups is 2. The number of fused-ring (bicyclic) bond motifs is 1. The summed E-state index contributed by atoms with van der Waals surface area (Å²) >= 11 is 0. The van der Waals surface area contributed by atoms with E-state index in [1.165, 1.54) is 6.42 Å². The Bertz CT molecular complexity index is 940. The molecule has 2 heterocycles. The van der Waals surface area contributed by atoms with E-state index in [4.69, 9.17) is 20.9 Å². The SMILES string of the molecule is CC1CC=C(c2nnc(/C(N)=C(N)/N=C\C(C)C3C=CCC4CCC=NC43)o2)[C@H](C)C1. The number of allylic oxidation sites excluding steroid dienone is 3. The molecule has 7 heteroatoms. The van der Waals surface area contributed by atoms with Crippen LogP contribution in [0.5, 0.6) is 0 Å². The molecule has 0 saturated carbocycles. The van der Waals surface area contributed by atoms with Crippen molar-refractivity contribution in [1.82, 2.24) is 10.2 Å². The second-order valence-corrected chi connectivity index (χ2v) is 9.39. The van der Waals surface area contributed by atoms with Gasteiger partial charge in [0.15, 0.2) is 5.82 Å². The Morgan fingerprint density at radius 3 is 2.90 bits per heavy atom. The van der Waals surface area contributed by atoms with Crippen molar-refractivity contribution in [3.05, 3.63) is 35.8 Å². The van der Waals surface area contributed by atoms with Gasteiger partial charge in [-0.3, -0.25) is 4.99 Å². The van der Waals surface area contributed by atoms with Crippen LogP contribution < -0.4 is 11.5 Å². The van der Waals surface area contributed by atoms with Gasteiger partial charge in [0.2, 0.25) is 5.89 Å². The standard InChI is InChI=1S/C24H34N6O/c1-14-9-10-19(15(2)12-14)23-29-30-24(31-23)20(25)22(26)28-13-16(3)18-8-4-6-17-7-5-11-27-21(17)18/h4,8,10-11,13-18,21H,5-7,9,12,25-26H2,1-3H3/b22-20-,28-13-/t14?,15-,16?,17?,18?,21?/m1/s1. The molecule has 7 nitrogen and oxygen atoms in total. The normalized spacial score (nSPS) is 32.5. The Morgan fingerprint density at radius 2 is 2.10 bits per heavy atom. The van der Waals surface area contributed by atoms with Gasteiger partial charge in [0, 0.05) is 17.7 Å². The van der Waals surface area contributed by atoms with Gasteiger partial charge < -0.3 is 15.9 Å². The van der Waals surface area contributed by atoms with E-state index in [0.29, 0.717) is 35.6 Å². The molecule has 0 amide bonds. The highest BCUT2D eigenvalue weighted by Gasteiger charge is 2.33. The van der Waals surface area contributed by atoms with Gasteiger partial charge in [-0.25, -0.2) is 4.99 Å². The van der Waals surface area contributed by atoms with Crippen LogP contribution in [0.4, 0.5) is 0 Å². The van der Waals surface area contributed by atoms with Crippen LogP contribution in [0, 0.1) is 29.6 Å². The van der Waals surface area contributed by atoms with Crippen molar-refractivity contribution in [2.24, 2.45) is 51.0 Å². The molecule has 166 valence electrons. The second-order valence-electron chi connectivity index (χ2n) is 9.39. The Labute approximate surface area is 184 Å². The highest BCUT2D eigenvalue weighted by atomic mass is 16.4. The maximum Gasteiger partial charge on any atom is 0.267 e. The van der Waals surface area contributed by atoms with E-state index in [0.717, 1.165) is 31.3 Å². The zero-order valence-electron chi connectivity index (χ0n) is 18.7. The molecule has 0 saturated heterocycles. The predicted octanol–water partition coefficient (Wildman–Crippen LogP) is 4.19. The first-order chi connectivity index (χ1) is 14.9. The molecule has 0 radical (unpaired) electrons. The summed E-state index contributed by atoms with van der Waals surface area (Å²) in [6.07, 6.45) is 16.2. The first-order valence-electron chi connectivity index (χ1n) is 11.5. The lowest BCUT2D eigenvalue weighted by Crippen LogP contribution is -2.35. The van der Waals surface area contributed by atoms with Gasteiger partial charge in [-0.05, 0) is 62.0 Å². The van der Waals surface area contributed by atoms with E-state index < -0.39 is 0 Å². The number of hydrogen-bond donors (Lipinski definition) is 2. The van der Waals surface area contributed by atoms with Crippen molar-refractivity contribution < 1.29 is 4.42 Å². The molecule has 1 aromatic heterocycles. The van der Waals surface area contributed by atoms with E-state index in [1.807, 2.05) is 6.21 Å². The van der Waals surface area contributed by atoms with Gasteiger partial charge in [-0.15, -0.1) is 10.2 Å². The quantitative estimate of drug-likeness (QED) is 0.545. The van der Waals surface area contributed by atoms with Crippen LogP contribution in [0.15, 0.2) is 38.5 Å². The minimum Gasteiger partial charge on any atom is -0.415 e. The number of nitrogens with two attached hydrogens (primary N) is 2. The molecule has 1 aromatic rings. The van der Waals surface area contributed by atoms with Gasteiger partial charge in [-0.1, -0.05) is 39.0 Å². The zero-order valence-corrected chi connectivity index (χ0v) is 18.7. The minimum absolute atomic E-state index is 0.194. The summed E-state index contributed by atoms with van der Waals surface area (Å²) in [5.41, 5.74) is 13.7. The summed E-state index contributed by atoms with van der Waals surface area (Å²) in [5, 5.41) is 8.31. The van der Waals surface area contributed by atoms with Crippen LogP contribution in [-0.4, -0.2) is 28.7 Å². The fourth-order valence-electron chi connectivity index (χ4n) is 5.04. The van der Waals surface area contributed by atoms with E-state index in [1.54, 1.807) is 0 Å². The highest BCUT2D eigenvalue weighted by Crippen LogP contribution is 2.36. The average Bonchev–Trinajstić information content (AvgIpc) is 3.26. The van der Waals surface area contributed by atoms with E-state index in [9.17, 15) is 0 Å². The molecule has 31 heavy (non-hydrogen) atoms. The second kappa shape index (κ2) is 9.20. The smallest absolute Gasteiger partial charge is 0.267 e. The molecule has 0 aromatic carbocycles. The van der Waals surface area contributed by atoms with Crippen LogP contribution >= 0.6 is 0 Å². The molecule has 4 N–H and O–H groups in total. The van der Waals surface area contributed by atoms with E-state index in [2.05, 4.69) is 60.4 Å². The minimum atomic E-state index is 0.194. The maximum atomic E-state index is 6.20. The van der Waals surface area contributed by atoms with Gasteiger partial charge in [-0.2, -0.15) is 0 Å². The summed E-state index contributed by atoms with van der Waals surface area (Å²) in [7, 11) is 0. The van der Waals surface area contributed by atoms with Gasteiger partial charge in [0.25, 0.3) is 5.89 Å². The molecular weight excluding hydrogens is 388 g/mol. The largest absolute Gasteiger partial charge is 0.415 e. The van der Waals surface area contributed by atoms with Gasteiger partial charge in [0.1, 0.15) is 5.70 Å². The van der Waals surface area contributed by atoms with Gasteiger partial charge in [0.05, 0.1) is 6.04 Å². The van der Waals surface area contributed by atoms with E-state index in [-0.39, 0.29) is 23.3 Å². The van der Waals surface area contributed by atoms with Crippen molar-refractivity contribution >= 4 is 23.7 Å². The van der Waals surface area contributed by atoms with Crippen molar-refractivity contribution in [3.8, 4) is 0 Å². The van der Waals surface area contributed by atoms with Crippen molar-refractivity contribution in [2.45, 2.75) is 58.9 Å². The summed E-state index contributed by atoms with van der Waals surface area (Å²) in [4.78, 5) is 9.22. The van der Waals surface area contributed by atoms with Crippen LogP contribution in [0.3, 0.4) is 0 Å². The Morgan fingerprint density at radius 1 is 1.26 bits per heavy atom. The molecule has 2 aliphatic carbocycles. The lowest BCUT2D eigenvalue weighted by Gasteiger charge is -2.36. The first kappa shape index (κ1) is 21.5. The molecule has 1 aliphatic heterocycles. The molecular formula is C24H34N6O. The molecule has 6 atom stereocenters. The number of nitrogens with zero attached hydrogens (tertiary/aromatic N) is 4. The summed E-state index contributed by atoms with van der Waals surface area (Å²) in [6.45, 7) is 6.59. The summed E-state index contributed by atoms with van der Waals surface area (Å²) in [5.74, 6) is 3.15. The molecule has 0 bridgehead atoms. The average molecular weight is 423 g/mol. The monoisotopic (exact) mass is 422 g/mol. The third-order valence-electron chi connectivity index (χ3n) is 6.88. The Hall–Kier alpha value is -2.70. The fraction of sp³-hybridized carbons (Fsp3) is 0.583. The topological polar surface area (TPSA) is 116 Å². The van der Waals surface area contributed by atoms with Crippen LogP contribution in [0.1, 0.15) is 64.7 Å². The molecule has 4 rings (SSSR count). The third kappa shape index (κ3) is 4.65. The molecule has 3 aliphatic rings. The number of rotatable bonds is 5. The zero-order chi connectivity index (χ0) is 22.0. The molecule has 5 unspecified atom stereocenters. The predicted molar refractivity (Wildman–Crippen MR) is 125 cm³/mol. The van der Waals surface area contributed by atoms with Crippen LogP contribution in [0.25, 0.3) is 11.3 Å². The Balaban J connectivity index is 1.47. The van der Waals surface area contributed by atoms with Crippen LogP contribution in [-0.2, 0) is 0 Å². The number of aromatic nitrogens is 2.